The highest BCUT2D eigenvalue weighted by Crippen LogP contribution is 2.30. The second-order valence-electron chi connectivity index (χ2n) is 3.26. The maximum absolute atomic E-state index is 11.8. The van der Waals surface area contributed by atoms with E-state index < -0.39 is 11.8 Å². The zero-order chi connectivity index (χ0) is 13.5. The molecule has 18 heavy (non-hydrogen) atoms. The van der Waals surface area contributed by atoms with Gasteiger partial charge in [-0.15, -0.1) is 0 Å². The van der Waals surface area contributed by atoms with Gasteiger partial charge in [0.25, 0.3) is 11.8 Å². The van der Waals surface area contributed by atoms with Gasteiger partial charge in [-0.25, -0.2) is 5.48 Å². The smallest absolute Gasteiger partial charge is 0.262 e. The van der Waals surface area contributed by atoms with Crippen molar-refractivity contribution in [3.63, 3.8) is 0 Å². The van der Waals surface area contributed by atoms with E-state index in [4.69, 9.17) is 14.7 Å². The number of hydrogen-bond acceptors (Lipinski definition) is 5. The molecule has 1 aromatic rings. The summed E-state index contributed by atoms with van der Waals surface area (Å²) in [6.07, 6.45) is 0. The summed E-state index contributed by atoms with van der Waals surface area (Å²) in [5, 5.41) is 10.6. The monoisotopic (exact) mass is 254 g/mol. The highest BCUT2D eigenvalue weighted by atomic mass is 16.5. The van der Waals surface area contributed by atoms with Crippen molar-refractivity contribution < 1.29 is 24.3 Å². The maximum Gasteiger partial charge on any atom is 0.262 e. The molecule has 0 bridgehead atoms. The predicted octanol–water partition coefficient (Wildman–Crippen LogP) is -0.0610. The Morgan fingerprint density at radius 1 is 1.28 bits per heavy atom. The molecule has 0 radical (unpaired) electrons. The average molecular weight is 254 g/mol. The minimum atomic E-state index is -0.717. The fourth-order valence-corrected chi connectivity index (χ4v) is 1.36. The predicted molar refractivity (Wildman–Crippen MR) is 61.8 cm³/mol. The molecule has 3 N–H and O–H groups in total. The summed E-state index contributed by atoms with van der Waals surface area (Å²) in [6, 6.07) is 4.81. The molecule has 0 saturated carbocycles. The standard InChI is InChI=1S/C11H14N2O5/c1-17-8-5-3-4-7(10(8)18-2)11(15)12-6-9(14)13-16/h3-5,16H,6H2,1-2H3,(H,12,15)(H,13,14). The van der Waals surface area contributed by atoms with Crippen LogP contribution >= 0.6 is 0 Å². The normalized spacial score (nSPS) is 9.50. The van der Waals surface area contributed by atoms with Gasteiger partial charge in [-0.05, 0) is 12.1 Å². The highest BCUT2D eigenvalue weighted by molar-refractivity contribution is 5.99. The van der Waals surface area contributed by atoms with Gasteiger partial charge < -0.3 is 14.8 Å². The number of para-hydroxylation sites is 1. The van der Waals surface area contributed by atoms with Gasteiger partial charge in [0.15, 0.2) is 11.5 Å². The molecule has 0 aliphatic heterocycles. The molecule has 2 amide bonds. The topological polar surface area (TPSA) is 96.9 Å². The zero-order valence-electron chi connectivity index (χ0n) is 10.0. The molecule has 1 rings (SSSR count). The molecule has 0 saturated heterocycles. The van der Waals surface area contributed by atoms with Crippen LogP contribution in [0.15, 0.2) is 18.2 Å². The van der Waals surface area contributed by atoms with Crippen molar-refractivity contribution in [1.29, 1.82) is 0 Å². The van der Waals surface area contributed by atoms with Gasteiger partial charge in [0.05, 0.1) is 26.3 Å². The molecule has 98 valence electrons. The lowest BCUT2D eigenvalue weighted by Gasteiger charge is -2.12. The lowest BCUT2D eigenvalue weighted by Crippen LogP contribution is -2.35. The molecule has 1 aromatic carbocycles. The summed E-state index contributed by atoms with van der Waals surface area (Å²) in [5.74, 6) is -0.529. The Labute approximate surface area is 104 Å². The van der Waals surface area contributed by atoms with Crippen molar-refractivity contribution in [2.45, 2.75) is 0 Å². The first-order valence-corrected chi connectivity index (χ1v) is 5.06. The first kappa shape index (κ1) is 13.8. The first-order valence-electron chi connectivity index (χ1n) is 5.06. The van der Waals surface area contributed by atoms with Crippen LogP contribution < -0.4 is 20.3 Å². The Morgan fingerprint density at radius 2 is 2.00 bits per heavy atom. The summed E-state index contributed by atoms with van der Waals surface area (Å²) in [6.45, 7) is -0.338. The number of benzene rings is 1. The van der Waals surface area contributed by atoms with Gasteiger partial charge in [-0.3, -0.25) is 14.8 Å². The molecule has 7 heteroatoms. The Morgan fingerprint density at radius 3 is 2.56 bits per heavy atom. The van der Waals surface area contributed by atoms with E-state index >= 15 is 0 Å². The summed E-state index contributed by atoms with van der Waals surface area (Å²) < 4.78 is 10.1. The minimum absolute atomic E-state index is 0.239. The minimum Gasteiger partial charge on any atom is -0.493 e. The molecule has 0 aromatic heterocycles. The fraction of sp³-hybridized carbons (Fsp3) is 0.273. The number of carbonyl (C=O) groups excluding carboxylic acids is 2. The Bertz CT molecular complexity index is 447. The van der Waals surface area contributed by atoms with Gasteiger partial charge in [-0.2, -0.15) is 0 Å². The zero-order valence-corrected chi connectivity index (χ0v) is 10.0. The number of amides is 2. The molecule has 0 heterocycles. The first-order chi connectivity index (χ1) is 8.63. The largest absolute Gasteiger partial charge is 0.493 e. The van der Waals surface area contributed by atoms with Crippen molar-refractivity contribution in [2.75, 3.05) is 20.8 Å². The molecule has 7 nitrogen and oxygen atoms in total. The molecule has 0 atom stereocenters. The van der Waals surface area contributed by atoms with Crippen LogP contribution in [-0.4, -0.2) is 37.8 Å². The van der Waals surface area contributed by atoms with Crippen molar-refractivity contribution in [1.82, 2.24) is 10.8 Å². The summed E-state index contributed by atoms with van der Waals surface area (Å²) in [4.78, 5) is 22.6. The lowest BCUT2D eigenvalue weighted by molar-refractivity contribution is -0.128. The van der Waals surface area contributed by atoms with Crippen LogP contribution in [0.5, 0.6) is 11.5 Å². The van der Waals surface area contributed by atoms with E-state index in [2.05, 4.69) is 5.32 Å². The van der Waals surface area contributed by atoms with E-state index in [1.165, 1.54) is 25.8 Å². The van der Waals surface area contributed by atoms with Crippen molar-refractivity contribution in [3.8, 4) is 11.5 Å². The second-order valence-corrected chi connectivity index (χ2v) is 3.26. The van der Waals surface area contributed by atoms with E-state index in [9.17, 15) is 9.59 Å². The maximum atomic E-state index is 11.8. The number of hydroxylamine groups is 1. The number of carbonyl (C=O) groups is 2. The van der Waals surface area contributed by atoms with E-state index in [0.717, 1.165) is 0 Å². The molecular weight excluding hydrogens is 240 g/mol. The summed E-state index contributed by atoms with van der Waals surface area (Å²) in [7, 11) is 2.87. The SMILES string of the molecule is COc1cccc(C(=O)NCC(=O)NO)c1OC. The summed E-state index contributed by atoms with van der Waals surface area (Å²) >= 11 is 0. The second kappa shape index (κ2) is 6.45. The molecule has 0 spiro atoms. The number of rotatable bonds is 5. The molecule has 0 aliphatic rings. The van der Waals surface area contributed by atoms with Gasteiger partial charge in [0, 0.05) is 0 Å². The third-order valence-electron chi connectivity index (χ3n) is 2.18. The lowest BCUT2D eigenvalue weighted by atomic mass is 10.1. The number of ether oxygens (including phenoxy) is 2. The Kier molecular flexibility index (Phi) is 4.94. The fourth-order valence-electron chi connectivity index (χ4n) is 1.36. The number of nitrogens with one attached hydrogen (secondary N) is 2. The van der Waals surface area contributed by atoms with Crippen molar-refractivity contribution in [3.05, 3.63) is 23.8 Å². The molecular formula is C11H14N2O5. The van der Waals surface area contributed by atoms with Crippen molar-refractivity contribution >= 4 is 11.8 Å². The van der Waals surface area contributed by atoms with Crippen LogP contribution in [0.3, 0.4) is 0 Å². The van der Waals surface area contributed by atoms with E-state index in [1.54, 1.807) is 12.1 Å². The third kappa shape index (κ3) is 3.11. The van der Waals surface area contributed by atoms with Crippen LogP contribution in [0.1, 0.15) is 10.4 Å². The van der Waals surface area contributed by atoms with Crippen LogP contribution in [0.2, 0.25) is 0 Å². The van der Waals surface area contributed by atoms with Crippen LogP contribution in [0.25, 0.3) is 0 Å². The quantitative estimate of drug-likeness (QED) is 0.505. The number of hydrogen-bond donors (Lipinski definition) is 3. The molecule has 0 aliphatic carbocycles. The van der Waals surface area contributed by atoms with Crippen molar-refractivity contribution in [2.24, 2.45) is 0 Å². The molecule has 0 unspecified atom stereocenters. The van der Waals surface area contributed by atoms with Gasteiger partial charge in [-0.1, -0.05) is 6.07 Å². The van der Waals surface area contributed by atoms with Gasteiger partial charge in [0.1, 0.15) is 0 Å². The van der Waals surface area contributed by atoms with Crippen LogP contribution in [0, 0.1) is 0 Å². The highest BCUT2D eigenvalue weighted by Gasteiger charge is 2.16. The third-order valence-corrected chi connectivity index (χ3v) is 2.18. The van der Waals surface area contributed by atoms with Gasteiger partial charge >= 0.3 is 0 Å². The summed E-state index contributed by atoms with van der Waals surface area (Å²) in [5.41, 5.74) is 1.65. The van der Waals surface area contributed by atoms with Crippen LogP contribution in [0.4, 0.5) is 0 Å². The Balaban J connectivity index is 2.88. The van der Waals surface area contributed by atoms with E-state index in [-0.39, 0.29) is 17.9 Å². The van der Waals surface area contributed by atoms with E-state index in [1.807, 2.05) is 0 Å². The van der Waals surface area contributed by atoms with Gasteiger partial charge in [0.2, 0.25) is 0 Å². The Hall–Kier alpha value is -2.28. The van der Waals surface area contributed by atoms with E-state index in [0.29, 0.717) is 5.75 Å². The van der Waals surface area contributed by atoms with Crippen LogP contribution in [-0.2, 0) is 4.79 Å². The number of methoxy groups -OCH3 is 2. The molecule has 0 fully saturated rings. The average Bonchev–Trinajstić information content (AvgIpc) is 2.42.